The van der Waals surface area contributed by atoms with E-state index in [1.807, 2.05) is 36.4 Å². The van der Waals surface area contributed by atoms with Crippen LogP contribution < -0.4 is 19.5 Å². The van der Waals surface area contributed by atoms with Crippen LogP contribution in [-0.4, -0.2) is 27.2 Å². The normalized spacial score (nSPS) is 10.2. The topological polar surface area (TPSA) is 56.8 Å². The van der Waals surface area contributed by atoms with Crippen molar-refractivity contribution in [3.05, 3.63) is 47.5 Å². The Bertz CT molecular complexity index is 708. The van der Waals surface area contributed by atoms with Gasteiger partial charge in [-0.15, -0.1) is 0 Å². The van der Waals surface area contributed by atoms with E-state index in [0.29, 0.717) is 30.1 Å². The van der Waals surface area contributed by atoms with Crippen LogP contribution >= 0.6 is 22.6 Å². The molecule has 0 saturated carbocycles. The molecule has 1 N–H and O–H groups in total. The standard InChI is InChI=1S/C19H22INO4/c1-23-16-10-13(11-17(24-2)19(16)25-3)7-8-18(22)21-15-6-4-5-14(9-15)12-20/h4-6,9-11H,7-8,12H2,1-3H3,(H,21,22). The van der Waals surface area contributed by atoms with Crippen LogP contribution in [-0.2, 0) is 15.6 Å². The lowest BCUT2D eigenvalue weighted by molar-refractivity contribution is -0.116. The van der Waals surface area contributed by atoms with E-state index in [2.05, 4.69) is 27.9 Å². The third kappa shape index (κ3) is 5.26. The molecular weight excluding hydrogens is 433 g/mol. The summed E-state index contributed by atoms with van der Waals surface area (Å²) in [5, 5.41) is 2.94. The van der Waals surface area contributed by atoms with Crippen LogP contribution in [0.5, 0.6) is 17.2 Å². The van der Waals surface area contributed by atoms with Crippen molar-refractivity contribution in [2.75, 3.05) is 26.6 Å². The van der Waals surface area contributed by atoms with Gasteiger partial charge >= 0.3 is 0 Å². The van der Waals surface area contributed by atoms with E-state index in [1.54, 1.807) is 21.3 Å². The van der Waals surface area contributed by atoms with Crippen molar-refractivity contribution in [1.82, 2.24) is 0 Å². The van der Waals surface area contributed by atoms with Crippen LogP contribution in [0.3, 0.4) is 0 Å². The molecule has 0 radical (unpaired) electrons. The van der Waals surface area contributed by atoms with Crippen LogP contribution in [0, 0.1) is 0 Å². The third-order valence-electron chi connectivity index (χ3n) is 3.73. The molecule has 0 unspecified atom stereocenters. The van der Waals surface area contributed by atoms with E-state index >= 15 is 0 Å². The van der Waals surface area contributed by atoms with Crippen molar-refractivity contribution >= 4 is 34.2 Å². The number of nitrogens with one attached hydrogen (secondary N) is 1. The quantitative estimate of drug-likeness (QED) is 0.479. The van der Waals surface area contributed by atoms with Crippen molar-refractivity contribution in [3.63, 3.8) is 0 Å². The van der Waals surface area contributed by atoms with E-state index in [1.165, 1.54) is 5.56 Å². The number of aryl methyl sites for hydroxylation is 1. The molecule has 0 aliphatic rings. The Labute approximate surface area is 161 Å². The molecule has 0 fully saturated rings. The zero-order valence-corrected chi connectivity index (χ0v) is 16.8. The zero-order chi connectivity index (χ0) is 18.2. The molecule has 6 heteroatoms. The van der Waals surface area contributed by atoms with Gasteiger partial charge in [0.05, 0.1) is 21.3 Å². The van der Waals surface area contributed by atoms with Crippen LogP contribution in [0.2, 0.25) is 0 Å². The molecule has 0 bridgehead atoms. The van der Waals surface area contributed by atoms with Gasteiger partial charge in [0.2, 0.25) is 11.7 Å². The van der Waals surface area contributed by atoms with Crippen molar-refractivity contribution in [3.8, 4) is 17.2 Å². The van der Waals surface area contributed by atoms with Crippen molar-refractivity contribution in [1.29, 1.82) is 0 Å². The Morgan fingerprint density at radius 2 is 1.68 bits per heavy atom. The predicted octanol–water partition coefficient (Wildman–Crippen LogP) is 4.22. The number of benzene rings is 2. The summed E-state index contributed by atoms with van der Waals surface area (Å²) in [6, 6.07) is 11.6. The summed E-state index contributed by atoms with van der Waals surface area (Å²) in [5.74, 6) is 1.70. The smallest absolute Gasteiger partial charge is 0.224 e. The monoisotopic (exact) mass is 455 g/mol. The summed E-state index contributed by atoms with van der Waals surface area (Å²) >= 11 is 2.30. The van der Waals surface area contributed by atoms with Gasteiger partial charge in [0.25, 0.3) is 0 Å². The summed E-state index contributed by atoms with van der Waals surface area (Å²) in [7, 11) is 4.72. The number of amides is 1. The second-order valence-corrected chi connectivity index (χ2v) is 6.18. The van der Waals surface area contributed by atoms with Gasteiger partial charge in [0, 0.05) is 16.5 Å². The molecule has 0 aliphatic heterocycles. The minimum atomic E-state index is -0.0284. The Morgan fingerprint density at radius 3 is 2.24 bits per heavy atom. The number of ether oxygens (including phenoxy) is 3. The highest BCUT2D eigenvalue weighted by Crippen LogP contribution is 2.38. The van der Waals surface area contributed by atoms with Crippen LogP contribution in [0.25, 0.3) is 0 Å². The first-order valence-electron chi connectivity index (χ1n) is 7.85. The van der Waals surface area contributed by atoms with Crippen LogP contribution in [0.1, 0.15) is 17.5 Å². The summed E-state index contributed by atoms with van der Waals surface area (Å²) < 4.78 is 16.9. The Hall–Kier alpha value is -1.96. The number of hydrogen-bond acceptors (Lipinski definition) is 4. The SMILES string of the molecule is COc1cc(CCC(=O)Nc2cccc(CI)c2)cc(OC)c1OC. The number of alkyl halides is 1. The van der Waals surface area contributed by atoms with Crippen LogP contribution in [0.15, 0.2) is 36.4 Å². The molecule has 0 saturated heterocycles. The lowest BCUT2D eigenvalue weighted by Gasteiger charge is -2.14. The number of hydrogen-bond donors (Lipinski definition) is 1. The molecule has 5 nitrogen and oxygen atoms in total. The maximum absolute atomic E-state index is 12.2. The van der Waals surface area contributed by atoms with Gasteiger partial charge in [0.1, 0.15) is 0 Å². The van der Waals surface area contributed by atoms with Crippen molar-refractivity contribution in [2.24, 2.45) is 0 Å². The summed E-state index contributed by atoms with van der Waals surface area (Å²) in [6.45, 7) is 0. The molecule has 1 amide bonds. The highest BCUT2D eigenvalue weighted by atomic mass is 127. The zero-order valence-electron chi connectivity index (χ0n) is 14.6. The molecule has 25 heavy (non-hydrogen) atoms. The Balaban J connectivity index is 2.03. The van der Waals surface area contributed by atoms with Gasteiger partial charge < -0.3 is 19.5 Å². The predicted molar refractivity (Wildman–Crippen MR) is 107 cm³/mol. The maximum Gasteiger partial charge on any atom is 0.224 e. The fraction of sp³-hybridized carbons (Fsp3) is 0.316. The van der Waals surface area contributed by atoms with E-state index in [0.717, 1.165) is 15.7 Å². The second-order valence-electron chi connectivity index (χ2n) is 5.42. The number of methoxy groups -OCH3 is 3. The fourth-order valence-corrected chi connectivity index (χ4v) is 2.97. The largest absolute Gasteiger partial charge is 0.493 e. The molecule has 2 aromatic rings. The summed E-state index contributed by atoms with van der Waals surface area (Å²) in [4.78, 5) is 12.2. The lowest BCUT2D eigenvalue weighted by atomic mass is 10.1. The van der Waals surface area contributed by atoms with Crippen molar-refractivity contribution in [2.45, 2.75) is 17.3 Å². The van der Waals surface area contributed by atoms with E-state index in [-0.39, 0.29) is 5.91 Å². The van der Waals surface area contributed by atoms with E-state index in [9.17, 15) is 4.79 Å². The molecule has 0 atom stereocenters. The lowest BCUT2D eigenvalue weighted by Crippen LogP contribution is -2.12. The van der Waals surface area contributed by atoms with Gasteiger partial charge in [-0.1, -0.05) is 34.7 Å². The molecule has 2 aromatic carbocycles. The van der Waals surface area contributed by atoms with Gasteiger partial charge in [-0.3, -0.25) is 4.79 Å². The van der Waals surface area contributed by atoms with Gasteiger partial charge in [-0.2, -0.15) is 0 Å². The summed E-state index contributed by atoms with van der Waals surface area (Å²) in [6.07, 6.45) is 0.946. The van der Waals surface area contributed by atoms with Crippen LogP contribution in [0.4, 0.5) is 5.69 Å². The fourth-order valence-electron chi connectivity index (χ4n) is 2.49. The number of carbonyl (C=O) groups is 1. The maximum atomic E-state index is 12.2. The Kier molecular flexibility index (Phi) is 7.36. The Morgan fingerprint density at radius 1 is 1.00 bits per heavy atom. The van der Waals surface area contributed by atoms with Crippen molar-refractivity contribution < 1.29 is 19.0 Å². The molecule has 0 aromatic heterocycles. The summed E-state index contributed by atoms with van der Waals surface area (Å²) in [5.41, 5.74) is 2.96. The number of halogens is 1. The first-order chi connectivity index (χ1) is 12.1. The third-order valence-corrected chi connectivity index (χ3v) is 4.61. The van der Waals surface area contributed by atoms with Gasteiger partial charge in [0.15, 0.2) is 11.5 Å². The molecular formula is C19H22INO4. The van der Waals surface area contributed by atoms with E-state index in [4.69, 9.17) is 14.2 Å². The molecule has 2 rings (SSSR count). The number of carbonyl (C=O) groups excluding carboxylic acids is 1. The second kappa shape index (κ2) is 9.50. The first kappa shape index (κ1) is 19.4. The molecule has 0 heterocycles. The molecule has 0 aliphatic carbocycles. The minimum absolute atomic E-state index is 0.0284. The number of rotatable bonds is 8. The van der Waals surface area contributed by atoms with E-state index < -0.39 is 0 Å². The van der Waals surface area contributed by atoms with Gasteiger partial charge in [-0.05, 0) is 41.8 Å². The van der Waals surface area contributed by atoms with Gasteiger partial charge in [-0.25, -0.2) is 0 Å². The highest BCUT2D eigenvalue weighted by Gasteiger charge is 2.14. The average molecular weight is 455 g/mol. The number of anilines is 1. The first-order valence-corrected chi connectivity index (χ1v) is 9.37. The average Bonchev–Trinajstić information content (AvgIpc) is 2.65. The molecule has 134 valence electrons. The minimum Gasteiger partial charge on any atom is -0.493 e. The molecule has 0 spiro atoms. The highest BCUT2D eigenvalue weighted by molar-refractivity contribution is 14.1.